The Kier molecular flexibility index (Phi) is 4.26. The summed E-state index contributed by atoms with van der Waals surface area (Å²) < 4.78 is 15.3. The number of rotatable bonds is 3. The molecule has 0 fully saturated rings. The molecule has 7 heteroatoms. The van der Waals surface area contributed by atoms with Gasteiger partial charge < -0.3 is 9.67 Å². The van der Waals surface area contributed by atoms with Crippen molar-refractivity contribution in [2.24, 2.45) is 4.99 Å². The van der Waals surface area contributed by atoms with Crippen LogP contribution in [-0.4, -0.2) is 21.6 Å². The Morgan fingerprint density at radius 2 is 1.92 bits per heavy atom. The third-order valence-electron chi connectivity index (χ3n) is 3.43. The van der Waals surface area contributed by atoms with E-state index < -0.39 is 17.7 Å². The zero-order valence-electron chi connectivity index (χ0n) is 12.7. The zero-order chi connectivity index (χ0) is 17.3. The van der Waals surface area contributed by atoms with E-state index in [0.29, 0.717) is 15.8 Å². The van der Waals surface area contributed by atoms with Crippen molar-refractivity contribution in [3.05, 3.63) is 64.2 Å². The van der Waals surface area contributed by atoms with Crippen molar-refractivity contribution < 1.29 is 19.1 Å². The van der Waals surface area contributed by atoms with Gasteiger partial charge in [-0.25, -0.2) is 4.39 Å². The van der Waals surface area contributed by atoms with Crippen molar-refractivity contribution in [2.75, 3.05) is 0 Å². The standard InChI is InChI=1S/C17H13FN2O3S/c1-10-2-4-11(5-3-10)16(23)19-17-20(9-15(21)22)13-7-6-12(18)8-14(13)24-17/h2-8H,9H2,1H3,(H,21,22)/b19-17-. The summed E-state index contributed by atoms with van der Waals surface area (Å²) in [5.41, 5.74) is 1.95. The highest BCUT2D eigenvalue weighted by molar-refractivity contribution is 7.16. The molecule has 0 saturated carbocycles. The second kappa shape index (κ2) is 6.37. The molecule has 0 bridgehead atoms. The quantitative estimate of drug-likeness (QED) is 0.794. The first kappa shape index (κ1) is 16.1. The van der Waals surface area contributed by atoms with Crippen molar-refractivity contribution in [3.63, 3.8) is 0 Å². The fourth-order valence-corrected chi connectivity index (χ4v) is 3.32. The average molecular weight is 344 g/mol. The van der Waals surface area contributed by atoms with Gasteiger partial charge in [0.05, 0.1) is 10.2 Å². The number of aliphatic carboxylic acids is 1. The van der Waals surface area contributed by atoms with Crippen molar-refractivity contribution in [2.45, 2.75) is 13.5 Å². The van der Waals surface area contributed by atoms with Gasteiger partial charge in [0.2, 0.25) is 0 Å². The third-order valence-corrected chi connectivity index (χ3v) is 4.48. The molecule has 3 rings (SSSR count). The second-order valence-corrected chi connectivity index (χ2v) is 6.27. The Balaban J connectivity index is 2.14. The summed E-state index contributed by atoms with van der Waals surface area (Å²) in [7, 11) is 0. The lowest BCUT2D eigenvalue weighted by molar-refractivity contribution is -0.137. The predicted octanol–water partition coefficient (Wildman–Crippen LogP) is 2.98. The molecule has 0 saturated heterocycles. The van der Waals surface area contributed by atoms with Gasteiger partial charge in [-0.2, -0.15) is 4.99 Å². The van der Waals surface area contributed by atoms with Gasteiger partial charge in [0.25, 0.3) is 5.91 Å². The van der Waals surface area contributed by atoms with Crippen LogP contribution in [0.2, 0.25) is 0 Å². The van der Waals surface area contributed by atoms with E-state index in [4.69, 9.17) is 5.11 Å². The number of hydrogen-bond acceptors (Lipinski definition) is 3. The summed E-state index contributed by atoms with van der Waals surface area (Å²) in [6.45, 7) is 1.55. The first-order chi connectivity index (χ1) is 11.4. The normalized spacial score (nSPS) is 11.8. The molecule has 0 aliphatic carbocycles. The summed E-state index contributed by atoms with van der Waals surface area (Å²) in [6, 6.07) is 11.0. The highest BCUT2D eigenvalue weighted by atomic mass is 32.1. The maximum atomic E-state index is 13.4. The number of halogens is 1. The SMILES string of the molecule is Cc1ccc(C(=O)/N=c2\sc3cc(F)ccc3n2CC(=O)O)cc1. The summed E-state index contributed by atoms with van der Waals surface area (Å²) in [6.07, 6.45) is 0. The van der Waals surface area contributed by atoms with Gasteiger partial charge in [0, 0.05) is 5.56 Å². The van der Waals surface area contributed by atoms with Crippen molar-refractivity contribution in [1.29, 1.82) is 0 Å². The number of fused-ring (bicyclic) bond motifs is 1. The fraction of sp³-hybridized carbons (Fsp3) is 0.118. The minimum Gasteiger partial charge on any atom is -0.480 e. The number of aryl methyl sites for hydroxylation is 1. The van der Waals surface area contributed by atoms with Crippen LogP contribution in [-0.2, 0) is 11.3 Å². The molecule has 0 aliphatic heterocycles. The van der Waals surface area contributed by atoms with E-state index >= 15 is 0 Å². The highest BCUT2D eigenvalue weighted by Gasteiger charge is 2.12. The first-order valence-electron chi connectivity index (χ1n) is 7.10. The van der Waals surface area contributed by atoms with Crippen LogP contribution < -0.4 is 4.80 Å². The molecule has 0 aliphatic rings. The van der Waals surface area contributed by atoms with Crippen LogP contribution in [0.25, 0.3) is 10.2 Å². The minimum absolute atomic E-state index is 0.226. The lowest BCUT2D eigenvalue weighted by atomic mass is 10.1. The summed E-state index contributed by atoms with van der Waals surface area (Å²) >= 11 is 1.08. The van der Waals surface area contributed by atoms with Crippen LogP contribution in [0, 0.1) is 12.7 Å². The van der Waals surface area contributed by atoms with Crippen molar-refractivity contribution in [1.82, 2.24) is 4.57 Å². The number of thiazole rings is 1. The van der Waals surface area contributed by atoms with Crippen molar-refractivity contribution in [3.8, 4) is 0 Å². The fourth-order valence-electron chi connectivity index (χ4n) is 2.27. The Bertz CT molecular complexity index is 1000. The van der Waals surface area contributed by atoms with Gasteiger partial charge in [-0.15, -0.1) is 0 Å². The van der Waals surface area contributed by atoms with E-state index in [1.54, 1.807) is 24.3 Å². The Hall–Kier alpha value is -2.80. The number of nitrogens with zero attached hydrogens (tertiary/aromatic N) is 2. The van der Waals surface area contributed by atoms with Crippen LogP contribution in [0.1, 0.15) is 15.9 Å². The number of carboxylic acid groups (broad SMARTS) is 1. The van der Waals surface area contributed by atoms with Gasteiger partial charge >= 0.3 is 5.97 Å². The number of carboxylic acids is 1. The van der Waals surface area contributed by atoms with E-state index in [1.807, 2.05) is 6.92 Å². The van der Waals surface area contributed by atoms with E-state index in [0.717, 1.165) is 16.9 Å². The molecule has 0 spiro atoms. The molecule has 2 aromatic carbocycles. The predicted molar refractivity (Wildman–Crippen MR) is 88.5 cm³/mol. The van der Waals surface area contributed by atoms with Gasteiger partial charge in [-0.3, -0.25) is 9.59 Å². The molecule has 1 aromatic heterocycles. The number of aromatic nitrogens is 1. The molecule has 0 radical (unpaired) electrons. The van der Waals surface area contributed by atoms with Gasteiger partial charge in [0.1, 0.15) is 12.4 Å². The number of benzene rings is 2. The molecular weight excluding hydrogens is 331 g/mol. The maximum Gasteiger partial charge on any atom is 0.323 e. The minimum atomic E-state index is -1.07. The molecule has 0 atom stereocenters. The van der Waals surface area contributed by atoms with E-state index in [2.05, 4.69) is 4.99 Å². The molecular formula is C17H13FN2O3S. The van der Waals surface area contributed by atoms with Gasteiger partial charge in [-0.05, 0) is 37.3 Å². The van der Waals surface area contributed by atoms with Crippen molar-refractivity contribution >= 4 is 33.4 Å². The van der Waals surface area contributed by atoms with Gasteiger partial charge in [-0.1, -0.05) is 29.0 Å². The number of hydrogen-bond donors (Lipinski definition) is 1. The number of carbonyl (C=O) groups excluding carboxylic acids is 1. The van der Waals surface area contributed by atoms with Crippen LogP contribution in [0.4, 0.5) is 4.39 Å². The Morgan fingerprint density at radius 3 is 2.58 bits per heavy atom. The lowest BCUT2D eigenvalue weighted by Gasteiger charge is -2.01. The molecule has 0 unspecified atom stereocenters. The third kappa shape index (κ3) is 3.26. The number of carbonyl (C=O) groups is 2. The average Bonchev–Trinajstić information content (AvgIpc) is 2.84. The topological polar surface area (TPSA) is 71.7 Å². The Labute approximate surface area is 140 Å². The smallest absolute Gasteiger partial charge is 0.323 e. The summed E-state index contributed by atoms with van der Waals surface area (Å²) in [5, 5.41) is 9.09. The molecule has 1 N–H and O–H groups in total. The molecule has 1 heterocycles. The number of amides is 1. The maximum absolute atomic E-state index is 13.4. The molecule has 3 aromatic rings. The summed E-state index contributed by atoms with van der Waals surface area (Å²) in [4.78, 5) is 27.7. The molecule has 5 nitrogen and oxygen atoms in total. The Morgan fingerprint density at radius 1 is 1.21 bits per heavy atom. The largest absolute Gasteiger partial charge is 0.480 e. The van der Waals surface area contributed by atoms with Crippen LogP contribution in [0.3, 0.4) is 0 Å². The lowest BCUT2D eigenvalue weighted by Crippen LogP contribution is -2.21. The molecule has 1 amide bonds. The zero-order valence-corrected chi connectivity index (χ0v) is 13.5. The van der Waals surface area contributed by atoms with Crippen LogP contribution >= 0.6 is 11.3 Å². The highest BCUT2D eigenvalue weighted by Crippen LogP contribution is 2.18. The second-order valence-electron chi connectivity index (χ2n) is 5.26. The summed E-state index contributed by atoms with van der Waals surface area (Å²) in [5.74, 6) is -1.97. The van der Waals surface area contributed by atoms with E-state index in [-0.39, 0.29) is 11.3 Å². The van der Waals surface area contributed by atoms with E-state index in [1.165, 1.54) is 22.8 Å². The first-order valence-corrected chi connectivity index (χ1v) is 7.92. The van der Waals surface area contributed by atoms with Gasteiger partial charge in [0.15, 0.2) is 4.80 Å². The monoisotopic (exact) mass is 344 g/mol. The van der Waals surface area contributed by atoms with E-state index in [9.17, 15) is 14.0 Å². The van der Waals surface area contributed by atoms with Crippen LogP contribution in [0.15, 0.2) is 47.5 Å². The molecule has 122 valence electrons. The van der Waals surface area contributed by atoms with Crippen LogP contribution in [0.5, 0.6) is 0 Å². The molecule has 24 heavy (non-hydrogen) atoms.